The van der Waals surface area contributed by atoms with Gasteiger partial charge in [0.1, 0.15) is 5.00 Å². The molecule has 0 atom stereocenters. The van der Waals surface area contributed by atoms with Crippen LogP contribution in [-0.4, -0.2) is 31.8 Å². The van der Waals surface area contributed by atoms with Crippen LogP contribution < -0.4 is 16.0 Å². The van der Waals surface area contributed by atoms with Crippen LogP contribution in [-0.2, 0) is 0 Å². The van der Waals surface area contributed by atoms with Crippen LogP contribution in [0.1, 0.15) is 52.1 Å². The predicted molar refractivity (Wildman–Crippen MR) is 85.2 cm³/mol. The normalized spacial score (nSPS) is 18.6. The molecule has 1 aromatic rings. The maximum Gasteiger partial charge on any atom is 0.256 e. The standard InChI is InChI=1S/C15H21N3O2S/c1-17-14(20)10-11(16)13(12(19)9-5-6-9)21-15(10)18-7-3-2-4-8-18/h9H,2-8,16H2,1H3,(H,17,20). The van der Waals surface area contributed by atoms with Crippen molar-refractivity contribution in [2.24, 2.45) is 5.92 Å². The summed E-state index contributed by atoms with van der Waals surface area (Å²) in [6.45, 7) is 1.86. The largest absolute Gasteiger partial charge is 0.397 e. The van der Waals surface area contributed by atoms with Crippen LogP contribution in [0.25, 0.3) is 0 Å². The van der Waals surface area contributed by atoms with Crippen molar-refractivity contribution < 1.29 is 9.59 Å². The zero-order valence-corrected chi connectivity index (χ0v) is 13.1. The van der Waals surface area contributed by atoms with E-state index in [1.807, 2.05) is 0 Å². The van der Waals surface area contributed by atoms with E-state index in [-0.39, 0.29) is 17.6 Å². The van der Waals surface area contributed by atoms with Crippen molar-refractivity contribution in [2.75, 3.05) is 30.8 Å². The summed E-state index contributed by atoms with van der Waals surface area (Å²) in [6, 6.07) is 0. The molecule has 3 N–H and O–H groups in total. The lowest BCUT2D eigenvalue weighted by atomic mass is 10.1. The molecule has 2 aliphatic rings. The van der Waals surface area contributed by atoms with E-state index in [9.17, 15) is 9.59 Å². The number of Topliss-reactive ketones (excluding diaryl/α,β-unsaturated/α-hetero) is 1. The summed E-state index contributed by atoms with van der Waals surface area (Å²) in [5.74, 6) is 0.0442. The van der Waals surface area contributed by atoms with Gasteiger partial charge < -0.3 is 16.0 Å². The number of nitrogens with zero attached hydrogens (tertiary/aromatic N) is 1. The summed E-state index contributed by atoms with van der Waals surface area (Å²) in [5.41, 5.74) is 7.02. The van der Waals surface area contributed by atoms with Crippen LogP contribution in [0.2, 0.25) is 0 Å². The average Bonchev–Trinajstić information content (AvgIpc) is 3.30. The summed E-state index contributed by atoms with van der Waals surface area (Å²) in [7, 11) is 1.60. The van der Waals surface area contributed by atoms with E-state index >= 15 is 0 Å². The maximum atomic E-state index is 12.4. The Hall–Kier alpha value is -1.56. The number of anilines is 2. The van der Waals surface area contributed by atoms with Crippen molar-refractivity contribution in [3.8, 4) is 0 Å². The monoisotopic (exact) mass is 307 g/mol. The van der Waals surface area contributed by atoms with Crippen LogP contribution in [0.3, 0.4) is 0 Å². The number of rotatable bonds is 4. The molecular weight excluding hydrogens is 286 g/mol. The van der Waals surface area contributed by atoms with Crippen molar-refractivity contribution in [2.45, 2.75) is 32.1 Å². The number of amides is 1. The average molecular weight is 307 g/mol. The molecule has 0 bridgehead atoms. The molecule has 21 heavy (non-hydrogen) atoms. The molecule has 1 aromatic heterocycles. The highest BCUT2D eigenvalue weighted by Crippen LogP contribution is 2.43. The van der Waals surface area contributed by atoms with Gasteiger partial charge in [-0.25, -0.2) is 0 Å². The molecule has 1 saturated heterocycles. The first-order valence-electron chi connectivity index (χ1n) is 7.57. The number of hydrogen-bond donors (Lipinski definition) is 2. The predicted octanol–water partition coefficient (Wildman–Crippen LogP) is 2.27. The van der Waals surface area contributed by atoms with Gasteiger partial charge in [-0.15, -0.1) is 11.3 Å². The number of piperidine rings is 1. The summed E-state index contributed by atoms with van der Waals surface area (Å²) in [6.07, 6.45) is 5.36. The molecule has 3 rings (SSSR count). The Kier molecular flexibility index (Phi) is 3.89. The van der Waals surface area contributed by atoms with Crippen LogP contribution >= 0.6 is 11.3 Å². The van der Waals surface area contributed by atoms with E-state index in [2.05, 4.69) is 10.2 Å². The van der Waals surface area contributed by atoms with Gasteiger partial charge in [0.2, 0.25) is 0 Å². The molecule has 1 aliphatic heterocycles. The summed E-state index contributed by atoms with van der Waals surface area (Å²) < 4.78 is 0. The number of carbonyl (C=O) groups is 2. The molecule has 0 aromatic carbocycles. The van der Waals surface area contributed by atoms with E-state index in [0.717, 1.165) is 43.8 Å². The van der Waals surface area contributed by atoms with Crippen LogP contribution in [0.4, 0.5) is 10.7 Å². The summed E-state index contributed by atoms with van der Waals surface area (Å²) in [4.78, 5) is 27.4. The molecule has 2 fully saturated rings. The molecule has 0 radical (unpaired) electrons. The van der Waals surface area contributed by atoms with E-state index in [4.69, 9.17) is 5.73 Å². The van der Waals surface area contributed by atoms with Gasteiger partial charge in [0.15, 0.2) is 5.78 Å². The second-order valence-electron chi connectivity index (χ2n) is 5.79. The van der Waals surface area contributed by atoms with Gasteiger partial charge in [0, 0.05) is 26.1 Å². The smallest absolute Gasteiger partial charge is 0.256 e. The highest BCUT2D eigenvalue weighted by atomic mass is 32.1. The third kappa shape index (κ3) is 2.64. The van der Waals surface area contributed by atoms with Crippen molar-refractivity contribution in [1.82, 2.24) is 5.32 Å². The molecule has 0 spiro atoms. The lowest BCUT2D eigenvalue weighted by Crippen LogP contribution is -2.31. The van der Waals surface area contributed by atoms with Gasteiger partial charge in [0.05, 0.1) is 16.1 Å². The Labute approximate surface area is 128 Å². The van der Waals surface area contributed by atoms with Gasteiger partial charge in [-0.05, 0) is 32.1 Å². The van der Waals surface area contributed by atoms with E-state index < -0.39 is 0 Å². The minimum absolute atomic E-state index is 0.117. The van der Waals surface area contributed by atoms with Gasteiger partial charge in [0.25, 0.3) is 5.91 Å². The lowest BCUT2D eigenvalue weighted by Gasteiger charge is -2.28. The second-order valence-corrected chi connectivity index (χ2v) is 6.79. The zero-order chi connectivity index (χ0) is 15.0. The quantitative estimate of drug-likeness (QED) is 0.837. The van der Waals surface area contributed by atoms with Crippen molar-refractivity contribution in [3.05, 3.63) is 10.4 Å². The summed E-state index contributed by atoms with van der Waals surface area (Å²) >= 11 is 1.40. The Balaban J connectivity index is 2.01. The number of nitrogen functional groups attached to an aromatic ring is 1. The van der Waals surface area contributed by atoms with Crippen molar-refractivity contribution >= 4 is 33.7 Å². The molecule has 1 amide bonds. The molecule has 6 heteroatoms. The second kappa shape index (κ2) is 5.67. The van der Waals surface area contributed by atoms with Gasteiger partial charge in [-0.2, -0.15) is 0 Å². The first-order chi connectivity index (χ1) is 10.1. The maximum absolute atomic E-state index is 12.4. The SMILES string of the molecule is CNC(=O)c1c(N2CCCCC2)sc(C(=O)C2CC2)c1N. The fourth-order valence-corrected chi connectivity index (χ4v) is 4.10. The fraction of sp³-hybridized carbons (Fsp3) is 0.600. The Morgan fingerprint density at radius 3 is 2.48 bits per heavy atom. The van der Waals surface area contributed by atoms with Crippen molar-refractivity contribution in [1.29, 1.82) is 0 Å². The number of ketones is 1. The lowest BCUT2D eigenvalue weighted by molar-refractivity contribution is 0.0963. The molecule has 2 heterocycles. The third-order valence-corrected chi connectivity index (χ3v) is 5.48. The fourth-order valence-electron chi connectivity index (χ4n) is 2.81. The minimum Gasteiger partial charge on any atom is -0.397 e. The third-order valence-electron chi connectivity index (χ3n) is 4.20. The molecule has 1 aliphatic carbocycles. The van der Waals surface area contributed by atoms with Crippen LogP contribution in [0.15, 0.2) is 0 Å². The highest BCUT2D eigenvalue weighted by Gasteiger charge is 2.36. The zero-order valence-electron chi connectivity index (χ0n) is 12.3. The van der Waals surface area contributed by atoms with Gasteiger partial charge in [-0.1, -0.05) is 0 Å². The topological polar surface area (TPSA) is 75.4 Å². The molecule has 1 saturated carbocycles. The number of nitrogens with one attached hydrogen (secondary N) is 1. The van der Waals surface area contributed by atoms with E-state index in [1.165, 1.54) is 17.8 Å². The van der Waals surface area contributed by atoms with Gasteiger partial charge in [-0.3, -0.25) is 9.59 Å². The number of carbonyl (C=O) groups excluding carboxylic acids is 2. The van der Waals surface area contributed by atoms with E-state index in [1.54, 1.807) is 7.05 Å². The Bertz CT molecular complexity index is 572. The first kappa shape index (κ1) is 14.4. The van der Waals surface area contributed by atoms with Crippen molar-refractivity contribution in [3.63, 3.8) is 0 Å². The minimum atomic E-state index is -0.195. The summed E-state index contributed by atoms with van der Waals surface area (Å²) in [5, 5.41) is 3.52. The van der Waals surface area contributed by atoms with E-state index in [0.29, 0.717) is 16.1 Å². The highest BCUT2D eigenvalue weighted by molar-refractivity contribution is 7.19. The molecule has 5 nitrogen and oxygen atoms in total. The van der Waals surface area contributed by atoms with Gasteiger partial charge >= 0.3 is 0 Å². The number of hydrogen-bond acceptors (Lipinski definition) is 5. The first-order valence-corrected chi connectivity index (χ1v) is 8.38. The van der Waals surface area contributed by atoms with Crippen LogP contribution in [0, 0.1) is 5.92 Å². The Morgan fingerprint density at radius 1 is 1.24 bits per heavy atom. The Morgan fingerprint density at radius 2 is 1.90 bits per heavy atom. The number of nitrogens with two attached hydrogens (primary N) is 1. The number of thiophene rings is 1. The molecular formula is C15H21N3O2S. The van der Waals surface area contributed by atoms with Crippen LogP contribution in [0.5, 0.6) is 0 Å². The molecule has 0 unspecified atom stereocenters. The molecule has 114 valence electrons.